The summed E-state index contributed by atoms with van der Waals surface area (Å²) < 4.78 is 10.9. The standard InChI is InChI=1S/C33H21N3O/c1-3-11-22(12-4-1)33-34-21-32(37-33)36-29-18-10-8-16-25(29)27-19-26-24-15-7-9-17-28(24)35(30(26)20-31(27)36)23-13-5-2-6-14-23/h1-21H. The maximum atomic E-state index is 6.36. The molecule has 0 fully saturated rings. The van der Waals surface area contributed by atoms with Gasteiger partial charge in [0.25, 0.3) is 0 Å². The van der Waals surface area contributed by atoms with Gasteiger partial charge in [-0.1, -0.05) is 72.8 Å². The second-order valence-electron chi connectivity index (χ2n) is 9.30. The van der Waals surface area contributed by atoms with Crippen LogP contribution in [-0.2, 0) is 0 Å². The maximum Gasteiger partial charge on any atom is 0.228 e. The molecule has 4 heteroatoms. The average Bonchev–Trinajstić information content (AvgIpc) is 3.65. The van der Waals surface area contributed by atoms with E-state index < -0.39 is 0 Å². The van der Waals surface area contributed by atoms with Gasteiger partial charge < -0.3 is 8.98 Å². The lowest BCUT2D eigenvalue weighted by Crippen LogP contribution is -1.94. The Hall–Kier alpha value is -5.09. The Labute approximate surface area is 212 Å². The molecule has 3 aromatic heterocycles. The molecule has 0 aliphatic carbocycles. The summed E-state index contributed by atoms with van der Waals surface area (Å²) in [6.45, 7) is 0. The molecule has 8 rings (SSSR count). The number of fused-ring (bicyclic) bond motifs is 6. The lowest BCUT2D eigenvalue weighted by molar-refractivity contribution is 0.554. The largest absolute Gasteiger partial charge is 0.420 e. The van der Waals surface area contributed by atoms with Crippen molar-refractivity contribution in [3.05, 3.63) is 128 Å². The summed E-state index contributed by atoms with van der Waals surface area (Å²) in [7, 11) is 0. The summed E-state index contributed by atoms with van der Waals surface area (Å²) in [5.74, 6) is 1.31. The number of hydrogen-bond acceptors (Lipinski definition) is 2. The molecular weight excluding hydrogens is 454 g/mol. The normalized spacial score (nSPS) is 11.8. The molecule has 0 unspecified atom stereocenters. The van der Waals surface area contributed by atoms with E-state index in [1.807, 2.05) is 36.5 Å². The summed E-state index contributed by atoms with van der Waals surface area (Å²) in [5.41, 5.74) is 6.63. The molecule has 37 heavy (non-hydrogen) atoms. The Morgan fingerprint density at radius 1 is 0.486 bits per heavy atom. The van der Waals surface area contributed by atoms with Crippen LogP contribution in [-0.4, -0.2) is 14.1 Å². The summed E-state index contributed by atoms with van der Waals surface area (Å²) >= 11 is 0. The quantitative estimate of drug-likeness (QED) is 0.257. The molecule has 0 aliphatic rings. The molecule has 0 aliphatic heterocycles. The predicted molar refractivity (Wildman–Crippen MR) is 151 cm³/mol. The van der Waals surface area contributed by atoms with E-state index in [9.17, 15) is 0 Å². The first-order valence-electron chi connectivity index (χ1n) is 12.4. The van der Waals surface area contributed by atoms with Gasteiger partial charge in [0, 0.05) is 32.8 Å². The molecule has 0 amide bonds. The topological polar surface area (TPSA) is 35.9 Å². The molecule has 0 N–H and O–H groups in total. The van der Waals surface area contributed by atoms with Crippen molar-refractivity contribution in [1.82, 2.24) is 14.1 Å². The van der Waals surface area contributed by atoms with E-state index in [0.717, 1.165) is 27.8 Å². The molecule has 0 saturated carbocycles. The lowest BCUT2D eigenvalue weighted by atomic mass is 10.1. The fourth-order valence-electron chi connectivity index (χ4n) is 5.61. The van der Waals surface area contributed by atoms with Crippen molar-refractivity contribution in [3.63, 3.8) is 0 Å². The van der Waals surface area contributed by atoms with Crippen molar-refractivity contribution in [1.29, 1.82) is 0 Å². The van der Waals surface area contributed by atoms with E-state index in [0.29, 0.717) is 11.8 Å². The van der Waals surface area contributed by atoms with Crippen molar-refractivity contribution >= 4 is 43.6 Å². The SMILES string of the molecule is c1ccc(-c2ncc(-n3c4ccccc4c4cc5c6ccccc6n(-c6ccccc6)c5cc43)o2)cc1. The molecule has 0 atom stereocenters. The van der Waals surface area contributed by atoms with Gasteiger partial charge in [0.1, 0.15) is 0 Å². The first-order valence-corrected chi connectivity index (χ1v) is 12.4. The minimum absolute atomic E-state index is 0.612. The minimum atomic E-state index is 0.612. The van der Waals surface area contributed by atoms with Crippen LogP contribution >= 0.6 is 0 Å². The first-order chi connectivity index (χ1) is 18.4. The summed E-state index contributed by atoms with van der Waals surface area (Å²) in [4.78, 5) is 4.63. The van der Waals surface area contributed by atoms with Gasteiger partial charge in [0.05, 0.1) is 28.3 Å². The molecule has 8 aromatic rings. The van der Waals surface area contributed by atoms with Crippen LogP contribution in [0.3, 0.4) is 0 Å². The number of aromatic nitrogens is 3. The van der Waals surface area contributed by atoms with E-state index in [-0.39, 0.29) is 0 Å². The van der Waals surface area contributed by atoms with Crippen molar-refractivity contribution in [2.24, 2.45) is 0 Å². The zero-order valence-electron chi connectivity index (χ0n) is 19.9. The van der Waals surface area contributed by atoms with Crippen LogP contribution in [0.1, 0.15) is 0 Å². The third-order valence-corrected chi connectivity index (χ3v) is 7.22. The highest BCUT2D eigenvalue weighted by atomic mass is 16.4. The van der Waals surface area contributed by atoms with E-state index in [1.165, 1.54) is 27.1 Å². The Balaban J connectivity index is 1.49. The summed E-state index contributed by atoms with van der Waals surface area (Å²) in [6.07, 6.45) is 1.82. The zero-order valence-corrected chi connectivity index (χ0v) is 19.9. The lowest BCUT2D eigenvalue weighted by Gasteiger charge is -2.08. The number of nitrogens with zero attached hydrogens (tertiary/aromatic N) is 3. The summed E-state index contributed by atoms with van der Waals surface area (Å²) in [5, 5.41) is 4.86. The number of benzene rings is 5. The summed E-state index contributed by atoms with van der Waals surface area (Å²) in [6, 6.07) is 42.3. The Morgan fingerprint density at radius 2 is 1.05 bits per heavy atom. The van der Waals surface area contributed by atoms with Gasteiger partial charge in [0.15, 0.2) is 0 Å². The van der Waals surface area contributed by atoms with Gasteiger partial charge in [0.2, 0.25) is 11.8 Å². The molecular formula is C33H21N3O. The number of rotatable bonds is 3. The van der Waals surface area contributed by atoms with Crippen LogP contribution in [0, 0.1) is 0 Å². The minimum Gasteiger partial charge on any atom is -0.420 e. The average molecular weight is 476 g/mol. The number of para-hydroxylation sites is 3. The Morgan fingerprint density at radius 3 is 1.76 bits per heavy atom. The Kier molecular flexibility index (Phi) is 4.19. The van der Waals surface area contributed by atoms with Gasteiger partial charge in [-0.25, -0.2) is 4.98 Å². The molecule has 0 spiro atoms. The van der Waals surface area contributed by atoms with Crippen molar-refractivity contribution in [2.75, 3.05) is 0 Å². The highest BCUT2D eigenvalue weighted by molar-refractivity contribution is 6.19. The molecule has 3 heterocycles. The second kappa shape index (κ2) is 7.70. The monoisotopic (exact) mass is 475 g/mol. The highest BCUT2D eigenvalue weighted by Gasteiger charge is 2.20. The second-order valence-corrected chi connectivity index (χ2v) is 9.30. The van der Waals surface area contributed by atoms with Crippen LogP contribution in [0.4, 0.5) is 0 Å². The molecule has 4 nitrogen and oxygen atoms in total. The van der Waals surface area contributed by atoms with E-state index >= 15 is 0 Å². The maximum absolute atomic E-state index is 6.36. The number of oxazole rings is 1. The van der Waals surface area contributed by atoms with Crippen molar-refractivity contribution in [3.8, 4) is 23.0 Å². The third kappa shape index (κ3) is 2.93. The zero-order chi connectivity index (χ0) is 24.3. The van der Waals surface area contributed by atoms with E-state index in [1.54, 1.807) is 0 Å². The molecule has 174 valence electrons. The van der Waals surface area contributed by atoms with Crippen LogP contribution < -0.4 is 0 Å². The van der Waals surface area contributed by atoms with Gasteiger partial charge in [-0.3, -0.25) is 4.57 Å². The molecule has 0 radical (unpaired) electrons. The third-order valence-electron chi connectivity index (χ3n) is 7.22. The predicted octanol–water partition coefficient (Wildman–Crippen LogP) is 8.54. The molecule has 0 bridgehead atoms. The molecule has 0 saturated heterocycles. The molecule has 5 aromatic carbocycles. The van der Waals surface area contributed by atoms with Gasteiger partial charge >= 0.3 is 0 Å². The highest BCUT2D eigenvalue weighted by Crippen LogP contribution is 2.39. The fraction of sp³-hybridized carbons (Fsp3) is 0. The smallest absolute Gasteiger partial charge is 0.228 e. The van der Waals surface area contributed by atoms with Crippen molar-refractivity contribution < 1.29 is 4.42 Å². The van der Waals surface area contributed by atoms with Crippen LogP contribution in [0.2, 0.25) is 0 Å². The number of hydrogen-bond donors (Lipinski definition) is 0. The van der Waals surface area contributed by atoms with Gasteiger partial charge in [-0.05, 0) is 48.5 Å². The first kappa shape index (κ1) is 20.1. The fourth-order valence-corrected chi connectivity index (χ4v) is 5.61. The van der Waals surface area contributed by atoms with Crippen LogP contribution in [0.25, 0.3) is 66.6 Å². The van der Waals surface area contributed by atoms with Gasteiger partial charge in [-0.2, -0.15) is 0 Å². The Bertz CT molecular complexity index is 2080. The van der Waals surface area contributed by atoms with Crippen LogP contribution in [0.5, 0.6) is 0 Å². The van der Waals surface area contributed by atoms with Crippen LogP contribution in [0.15, 0.2) is 132 Å². The van der Waals surface area contributed by atoms with Gasteiger partial charge in [-0.15, -0.1) is 0 Å². The van der Waals surface area contributed by atoms with E-state index in [4.69, 9.17) is 4.42 Å². The van der Waals surface area contributed by atoms with Crippen molar-refractivity contribution in [2.45, 2.75) is 0 Å². The van der Waals surface area contributed by atoms with E-state index in [2.05, 4.69) is 105 Å².